The van der Waals surface area contributed by atoms with Crippen molar-refractivity contribution in [3.63, 3.8) is 0 Å². The van der Waals surface area contributed by atoms with Gasteiger partial charge in [0.1, 0.15) is 11.5 Å². The highest BCUT2D eigenvalue weighted by Gasteiger charge is 2.10. The van der Waals surface area contributed by atoms with Crippen molar-refractivity contribution in [1.29, 1.82) is 0 Å². The number of aromatic nitrogens is 1. The molecule has 6 heteroatoms. The van der Waals surface area contributed by atoms with Gasteiger partial charge in [-0.2, -0.15) is 0 Å². The van der Waals surface area contributed by atoms with Crippen LogP contribution in [0, 0.1) is 6.92 Å². The van der Waals surface area contributed by atoms with E-state index in [1.807, 2.05) is 49.4 Å². The number of carbonyl (C=O) groups excluding carboxylic acids is 1. The number of aryl methyl sites for hydroxylation is 1. The smallest absolute Gasteiger partial charge is 0.253 e. The number of pyridine rings is 1. The number of ether oxygens (including phenoxy) is 2. The summed E-state index contributed by atoms with van der Waals surface area (Å²) in [5.74, 6) is 1.17. The average molecular weight is 377 g/mol. The van der Waals surface area contributed by atoms with Crippen LogP contribution in [-0.2, 0) is 6.54 Å². The Morgan fingerprint density at radius 3 is 2.50 bits per heavy atom. The zero-order valence-corrected chi connectivity index (χ0v) is 16.2. The van der Waals surface area contributed by atoms with Gasteiger partial charge in [0.25, 0.3) is 5.91 Å². The van der Waals surface area contributed by atoms with Crippen LogP contribution in [0.2, 0.25) is 0 Å². The second kappa shape index (κ2) is 8.90. The van der Waals surface area contributed by atoms with E-state index in [0.29, 0.717) is 29.3 Å². The maximum Gasteiger partial charge on any atom is 0.253 e. The lowest BCUT2D eigenvalue weighted by atomic mass is 10.1. The van der Waals surface area contributed by atoms with Gasteiger partial charge in [0.05, 0.1) is 37.4 Å². The second-order valence-corrected chi connectivity index (χ2v) is 6.32. The highest BCUT2D eigenvalue weighted by Crippen LogP contribution is 2.31. The van der Waals surface area contributed by atoms with Crippen LogP contribution in [0.4, 0.5) is 11.4 Å². The third-order valence-electron chi connectivity index (χ3n) is 4.26. The molecule has 0 atom stereocenters. The Balaban J connectivity index is 1.71. The molecule has 0 aliphatic carbocycles. The van der Waals surface area contributed by atoms with E-state index in [1.54, 1.807) is 32.7 Å². The molecule has 28 heavy (non-hydrogen) atoms. The van der Waals surface area contributed by atoms with Gasteiger partial charge in [0.15, 0.2) is 0 Å². The molecular formula is C22H23N3O3. The third kappa shape index (κ3) is 4.79. The number of carbonyl (C=O) groups is 1. The zero-order valence-electron chi connectivity index (χ0n) is 16.2. The van der Waals surface area contributed by atoms with E-state index < -0.39 is 0 Å². The second-order valence-electron chi connectivity index (χ2n) is 6.32. The van der Waals surface area contributed by atoms with Crippen LogP contribution in [-0.4, -0.2) is 25.1 Å². The molecule has 0 bridgehead atoms. The summed E-state index contributed by atoms with van der Waals surface area (Å²) < 4.78 is 10.6. The molecule has 3 aromatic rings. The van der Waals surface area contributed by atoms with Crippen LogP contribution in [0.3, 0.4) is 0 Å². The van der Waals surface area contributed by atoms with Crippen LogP contribution < -0.4 is 20.1 Å². The number of benzene rings is 2. The molecule has 0 spiro atoms. The lowest BCUT2D eigenvalue weighted by molar-refractivity contribution is 0.0950. The number of nitrogens with one attached hydrogen (secondary N) is 2. The van der Waals surface area contributed by atoms with Gasteiger partial charge in [-0.15, -0.1) is 0 Å². The molecule has 6 nitrogen and oxygen atoms in total. The molecule has 0 saturated carbocycles. The van der Waals surface area contributed by atoms with Gasteiger partial charge >= 0.3 is 0 Å². The molecule has 2 N–H and O–H groups in total. The molecule has 0 fully saturated rings. The van der Waals surface area contributed by atoms with Crippen LogP contribution >= 0.6 is 0 Å². The van der Waals surface area contributed by atoms with Crippen molar-refractivity contribution in [2.75, 3.05) is 19.5 Å². The lowest BCUT2D eigenvalue weighted by Gasteiger charge is -2.13. The molecule has 0 aliphatic heterocycles. The molecule has 2 aromatic carbocycles. The van der Waals surface area contributed by atoms with Crippen LogP contribution in [0.5, 0.6) is 11.5 Å². The predicted octanol–water partition coefficient (Wildman–Crippen LogP) is 4.08. The molecule has 144 valence electrons. The van der Waals surface area contributed by atoms with Gasteiger partial charge in [-0.05, 0) is 30.7 Å². The quantitative estimate of drug-likeness (QED) is 0.649. The number of amides is 1. The molecular weight excluding hydrogens is 354 g/mol. The van der Waals surface area contributed by atoms with E-state index in [0.717, 1.165) is 11.3 Å². The van der Waals surface area contributed by atoms with E-state index in [1.165, 1.54) is 5.56 Å². The first-order valence-corrected chi connectivity index (χ1v) is 8.87. The Labute approximate surface area is 164 Å². The van der Waals surface area contributed by atoms with E-state index in [-0.39, 0.29) is 5.91 Å². The Morgan fingerprint density at radius 1 is 1.00 bits per heavy atom. The van der Waals surface area contributed by atoms with Gasteiger partial charge < -0.3 is 20.1 Å². The number of hydrogen-bond donors (Lipinski definition) is 2. The Kier molecular flexibility index (Phi) is 6.11. The monoisotopic (exact) mass is 377 g/mol. The minimum Gasteiger partial charge on any atom is -0.497 e. The molecule has 1 aromatic heterocycles. The summed E-state index contributed by atoms with van der Waals surface area (Å²) in [6.07, 6.45) is 3.19. The molecule has 0 radical (unpaired) electrons. The summed E-state index contributed by atoms with van der Waals surface area (Å²) in [6.45, 7) is 2.49. The lowest BCUT2D eigenvalue weighted by Crippen LogP contribution is -2.23. The average Bonchev–Trinajstić information content (AvgIpc) is 2.73. The van der Waals surface area contributed by atoms with Crippen LogP contribution in [0.15, 0.2) is 60.9 Å². The van der Waals surface area contributed by atoms with Crippen molar-refractivity contribution in [2.45, 2.75) is 13.5 Å². The Morgan fingerprint density at radius 2 is 1.79 bits per heavy atom. The third-order valence-corrected chi connectivity index (χ3v) is 4.26. The van der Waals surface area contributed by atoms with Crippen molar-refractivity contribution in [1.82, 2.24) is 10.3 Å². The van der Waals surface area contributed by atoms with Crippen molar-refractivity contribution in [2.24, 2.45) is 0 Å². The minimum atomic E-state index is -0.186. The number of rotatable bonds is 7. The largest absolute Gasteiger partial charge is 0.497 e. The summed E-state index contributed by atoms with van der Waals surface area (Å²) in [6, 6.07) is 15.2. The minimum absolute atomic E-state index is 0.186. The molecule has 1 amide bonds. The number of nitrogens with zero attached hydrogens (tertiary/aromatic N) is 1. The predicted molar refractivity (Wildman–Crippen MR) is 109 cm³/mol. The molecule has 0 aliphatic rings. The standard InChI is InChI=1S/C22H23N3O3/c1-15-4-6-16(7-5-15)12-24-22(26)17-10-18(14-23-13-17)25-20-11-19(27-2)8-9-21(20)28-3/h4-11,13-14,25H,12H2,1-3H3,(H,24,26). The van der Waals surface area contributed by atoms with Gasteiger partial charge in [-0.25, -0.2) is 0 Å². The van der Waals surface area contributed by atoms with E-state index in [9.17, 15) is 4.79 Å². The van der Waals surface area contributed by atoms with Gasteiger partial charge in [-0.1, -0.05) is 29.8 Å². The maximum atomic E-state index is 12.5. The number of hydrogen-bond acceptors (Lipinski definition) is 5. The SMILES string of the molecule is COc1ccc(OC)c(Nc2cncc(C(=O)NCc3ccc(C)cc3)c2)c1. The van der Waals surface area contributed by atoms with Gasteiger partial charge in [0, 0.05) is 18.8 Å². The highest BCUT2D eigenvalue weighted by molar-refractivity contribution is 5.94. The van der Waals surface area contributed by atoms with Crippen molar-refractivity contribution >= 4 is 17.3 Å². The van der Waals surface area contributed by atoms with Crippen molar-refractivity contribution in [3.8, 4) is 11.5 Å². The van der Waals surface area contributed by atoms with Crippen molar-refractivity contribution < 1.29 is 14.3 Å². The Bertz CT molecular complexity index is 955. The Hall–Kier alpha value is -3.54. The van der Waals surface area contributed by atoms with E-state index >= 15 is 0 Å². The molecule has 0 unspecified atom stereocenters. The highest BCUT2D eigenvalue weighted by atomic mass is 16.5. The van der Waals surface area contributed by atoms with E-state index in [4.69, 9.17) is 9.47 Å². The first kappa shape index (κ1) is 19.2. The fourth-order valence-electron chi connectivity index (χ4n) is 2.69. The van der Waals surface area contributed by atoms with Crippen molar-refractivity contribution in [3.05, 3.63) is 77.6 Å². The van der Waals surface area contributed by atoms with E-state index in [2.05, 4.69) is 15.6 Å². The summed E-state index contributed by atoms with van der Waals surface area (Å²) in [5, 5.41) is 6.14. The normalized spacial score (nSPS) is 10.2. The summed E-state index contributed by atoms with van der Waals surface area (Å²) in [4.78, 5) is 16.7. The van der Waals surface area contributed by atoms with Gasteiger partial charge in [0.2, 0.25) is 0 Å². The first-order valence-electron chi connectivity index (χ1n) is 8.87. The summed E-state index contributed by atoms with van der Waals surface area (Å²) in [5.41, 5.74) is 4.10. The summed E-state index contributed by atoms with van der Waals surface area (Å²) in [7, 11) is 3.20. The topological polar surface area (TPSA) is 72.5 Å². The molecule has 1 heterocycles. The number of anilines is 2. The van der Waals surface area contributed by atoms with Crippen LogP contribution in [0.1, 0.15) is 21.5 Å². The molecule has 3 rings (SSSR count). The maximum absolute atomic E-state index is 12.5. The van der Waals surface area contributed by atoms with Crippen LogP contribution in [0.25, 0.3) is 0 Å². The van der Waals surface area contributed by atoms with Gasteiger partial charge in [-0.3, -0.25) is 9.78 Å². The fourth-order valence-corrected chi connectivity index (χ4v) is 2.69. The first-order chi connectivity index (χ1) is 13.6. The summed E-state index contributed by atoms with van der Waals surface area (Å²) >= 11 is 0. The number of methoxy groups -OCH3 is 2. The fraction of sp³-hybridized carbons (Fsp3) is 0.182. The zero-order chi connectivity index (χ0) is 19.9. The molecule has 0 saturated heterocycles.